The van der Waals surface area contributed by atoms with Crippen LogP contribution in [0.4, 0.5) is 5.13 Å². The summed E-state index contributed by atoms with van der Waals surface area (Å²) in [4.78, 5) is 22.9. The Morgan fingerprint density at radius 2 is 2.00 bits per heavy atom. The maximum absolute atomic E-state index is 12.3. The lowest BCUT2D eigenvalue weighted by molar-refractivity contribution is -0.115. The normalized spacial score (nSPS) is 10.8. The highest BCUT2D eigenvalue weighted by molar-refractivity contribution is 7.19. The topological polar surface area (TPSA) is 80.9 Å². The smallest absolute Gasteiger partial charge is 0.270 e. The summed E-state index contributed by atoms with van der Waals surface area (Å²) in [6.45, 7) is 1.76. The molecule has 0 spiro atoms. The van der Waals surface area contributed by atoms with E-state index in [9.17, 15) is 4.79 Å². The van der Waals surface area contributed by atoms with Crippen LogP contribution in [0.3, 0.4) is 0 Å². The van der Waals surface area contributed by atoms with Crippen molar-refractivity contribution in [2.24, 2.45) is 0 Å². The van der Waals surface area contributed by atoms with Crippen molar-refractivity contribution in [1.82, 2.24) is 15.1 Å². The van der Waals surface area contributed by atoms with Crippen LogP contribution in [0.5, 0.6) is 0 Å². The first kappa shape index (κ1) is 16.6. The van der Waals surface area contributed by atoms with E-state index in [1.165, 1.54) is 11.3 Å². The molecule has 1 N–H and O–H groups in total. The fraction of sp³-hybridized carbons (Fsp3) is 0.111. The molecule has 3 heterocycles. The molecule has 130 valence electrons. The van der Waals surface area contributed by atoms with Crippen molar-refractivity contribution in [3.63, 3.8) is 0 Å². The molecule has 0 radical (unpaired) electrons. The van der Waals surface area contributed by atoms with Crippen molar-refractivity contribution >= 4 is 33.7 Å². The highest BCUT2D eigenvalue weighted by atomic mass is 32.1. The molecule has 0 fully saturated rings. The van der Waals surface area contributed by atoms with Crippen LogP contribution >= 0.6 is 22.7 Å². The Bertz CT molecular complexity index is 1020. The molecule has 0 saturated heterocycles. The van der Waals surface area contributed by atoms with E-state index in [-0.39, 0.29) is 5.91 Å². The summed E-state index contributed by atoms with van der Waals surface area (Å²) in [5.74, 6) is 0.849. The Hall–Kier alpha value is -2.84. The fourth-order valence-electron chi connectivity index (χ4n) is 2.43. The van der Waals surface area contributed by atoms with Gasteiger partial charge in [-0.15, -0.1) is 11.3 Å². The van der Waals surface area contributed by atoms with Crippen LogP contribution in [0.25, 0.3) is 22.0 Å². The lowest BCUT2D eigenvalue weighted by Gasteiger charge is -1.99. The van der Waals surface area contributed by atoms with Crippen LogP contribution in [-0.4, -0.2) is 21.0 Å². The molecule has 0 saturated carbocycles. The first-order valence-corrected chi connectivity index (χ1v) is 9.58. The number of hydrogen-bond acceptors (Lipinski definition) is 7. The van der Waals surface area contributed by atoms with Gasteiger partial charge in [0.25, 0.3) is 5.89 Å². The molecule has 26 heavy (non-hydrogen) atoms. The Morgan fingerprint density at radius 1 is 1.15 bits per heavy atom. The maximum Gasteiger partial charge on any atom is 0.270 e. The second kappa shape index (κ2) is 7.19. The molecule has 6 nitrogen and oxygen atoms in total. The van der Waals surface area contributed by atoms with Gasteiger partial charge in [-0.05, 0) is 18.4 Å². The minimum Gasteiger partial charge on any atom is -0.333 e. The molecule has 4 rings (SSSR count). The van der Waals surface area contributed by atoms with Gasteiger partial charge < -0.3 is 9.84 Å². The van der Waals surface area contributed by atoms with Crippen LogP contribution in [0.15, 0.2) is 52.4 Å². The number of benzene rings is 1. The third-order valence-electron chi connectivity index (χ3n) is 3.56. The van der Waals surface area contributed by atoms with Gasteiger partial charge in [0.15, 0.2) is 11.0 Å². The van der Waals surface area contributed by atoms with Crippen molar-refractivity contribution < 1.29 is 9.32 Å². The number of thiophene rings is 1. The molecule has 1 aromatic carbocycles. The molecule has 0 atom stereocenters. The van der Waals surface area contributed by atoms with Crippen LogP contribution < -0.4 is 5.32 Å². The SMILES string of the molecule is Cc1noc(-c2sc(NC(=O)Cc3cccs3)nc2-c2ccccc2)n1. The Labute approximate surface area is 157 Å². The molecule has 0 aliphatic heterocycles. The summed E-state index contributed by atoms with van der Waals surface area (Å²) in [5.41, 5.74) is 1.64. The van der Waals surface area contributed by atoms with E-state index in [4.69, 9.17) is 4.52 Å². The predicted molar refractivity (Wildman–Crippen MR) is 102 cm³/mol. The van der Waals surface area contributed by atoms with E-state index in [0.717, 1.165) is 15.3 Å². The number of nitrogens with zero attached hydrogens (tertiary/aromatic N) is 3. The fourth-order valence-corrected chi connectivity index (χ4v) is 4.06. The summed E-state index contributed by atoms with van der Waals surface area (Å²) >= 11 is 2.88. The molecule has 1 amide bonds. The lowest BCUT2D eigenvalue weighted by Crippen LogP contribution is -2.13. The van der Waals surface area contributed by atoms with E-state index < -0.39 is 0 Å². The largest absolute Gasteiger partial charge is 0.333 e. The van der Waals surface area contributed by atoms with E-state index in [0.29, 0.717) is 29.0 Å². The molecule has 4 aromatic rings. The van der Waals surface area contributed by atoms with E-state index in [2.05, 4.69) is 20.4 Å². The quantitative estimate of drug-likeness (QED) is 0.553. The predicted octanol–water partition coefficient (Wildman–Crippen LogP) is 4.41. The molecule has 3 aromatic heterocycles. The van der Waals surface area contributed by atoms with Crippen molar-refractivity contribution in [3.8, 4) is 22.0 Å². The monoisotopic (exact) mass is 382 g/mol. The minimum absolute atomic E-state index is 0.103. The van der Waals surface area contributed by atoms with Gasteiger partial charge in [0.05, 0.1) is 12.1 Å². The van der Waals surface area contributed by atoms with Crippen molar-refractivity contribution in [3.05, 3.63) is 58.5 Å². The van der Waals surface area contributed by atoms with Crippen LogP contribution in [0.1, 0.15) is 10.7 Å². The van der Waals surface area contributed by atoms with Gasteiger partial charge in [0.2, 0.25) is 5.91 Å². The molecular weight excluding hydrogens is 368 g/mol. The summed E-state index contributed by atoms with van der Waals surface area (Å²) in [6, 6.07) is 13.6. The Balaban J connectivity index is 1.66. The highest BCUT2D eigenvalue weighted by Gasteiger charge is 2.20. The van der Waals surface area contributed by atoms with Crippen molar-refractivity contribution in [2.45, 2.75) is 13.3 Å². The van der Waals surface area contributed by atoms with E-state index in [1.54, 1.807) is 18.3 Å². The van der Waals surface area contributed by atoms with Gasteiger partial charge in [-0.1, -0.05) is 52.9 Å². The molecule has 0 aliphatic carbocycles. The third kappa shape index (κ3) is 3.56. The van der Waals surface area contributed by atoms with Gasteiger partial charge in [-0.2, -0.15) is 4.98 Å². The third-order valence-corrected chi connectivity index (χ3v) is 5.39. The zero-order valence-corrected chi connectivity index (χ0v) is 15.4. The molecule has 0 bridgehead atoms. The number of rotatable bonds is 5. The average molecular weight is 382 g/mol. The van der Waals surface area contributed by atoms with Gasteiger partial charge in [0, 0.05) is 10.4 Å². The van der Waals surface area contributed by atoms with Crippen LogP contribution in [-0.2, 0) is 11.2 Å². The molecular formula is C18H14N4O2S2. The highest BCUT2D eigenvalue weighted by Crippen LogP contribution is 2.38. The summed E-state index contributed by atoms with van der Waals surface area (Å²) in [7, 11) is 0. The summed E-state index contributed by atoms with van der Waals surface area (Å²) in [6.07, 6.45) is 0.326. The Morgan fingerprint density at radius 3 is 2.69 bits per heavy atom. The number of amides is 1. The average Bonchev–Trinajstić information content (AvgIpc) is 3.37. The van der Waals surface area contributed by atoms with Gasteiger partial charge in [-0.3, -0.25) is 4.79 Å². The maximum atomic E-state index is 12.3. The lowest BCUT2D eigenvalue weighted by atomic mass is 10.1. The van der Waals surface area contributed by atoms with Gasteiger partial charge in [0.1, 0.15) is 4.88 Å². The zero-order chi connectivity index (χ0) is 17.9. The molecule has 0 unspecified atom stereocenters. The molecule has 8 heteroatoms. The summed E-state index contributed by atoms with van der Waals surface area (Å²) in [5, 5.41) is 9.19. The zero-order valence-electron chi connectivity index (χ0n) is 13.8. The number of aromatic nitrogens is 3. The van der Waals surface area contributed by atoms with E-state index in [1.807, 2.05) is 47.8 Å². The summed E-state index contributed by atoms with van der Waals surface area (Å²) < 4.78 is 5.31. The number of nitrogens with one attached hydrogen (secondary N) is 1. The Kier molecular flexibility index (Phi) is 4.59. The number of carbonyl (C=O) groups excluding carboxylic acids is 1. The first-order chi connectivity index (χ1) is 12.7. The molecule has 0 aliphatic rings. The second-order valence-electron chi connectivity index (χ2n) is 5.51. The van der Waals surface area contributed by atoms with Gasteiger partial charge >= 0.3 is 0 Å². The first-order valence-electron chi connectivity index (χ1n) is 7.88. The number of carbonyl (C=O) groups is 1. The standard InChI is InChI=1S/C18H14N4O2S2/c1-11-19-17(24-22-11)16-15(12-6-3-2-4-7-12)21-18(26-16)20-14(23)10-13-8-5-9-25-13/h2-9H,10H2,1H3,(H,20,21,23). The van der Waals surface area contributed by atoms with E-state index >= 15 is 0 Å². The van der Waals surface area contributed by atoms with Crippen molar-refractivity contribution in [2.75, 3.05) is 5.32 Å². The number of aryl methyl sites for hydroxylation is 1. The van der Waals surface area contributed by atoms with Crippen LogP contribution in [0, 0.1) is 6.92 Å². The number of hydrogen-bond donors (Lipinski definition) is 1. The minimum atomic E-state index is -0.103. The van der Waals surface area contributed by atoms with Crippen molar-refractivity contribution in [1.29, 1.82) is 0 Å². The number of thiazole rings is 1. The van der Waals surface area contributed by atoms with Crippen LogP contribution in [0.2, 0.25) is 0 Å². The van der Waals surface area contributed by atoms with Gasteiger partial charge in [-0.25, -0.2) is 4.98 Å². The number of anilines is 1. The second-order valence-corrected chi connectivity index (χ2v) is 7.55.